The highest BCUT2D eigenvalue weighted by Crippen LogP contribution is 2.13. The van der Waals surface area contributed by atoms with E-state index in [2.05, 4.69) is 0 Å². The predicted octanol–water partition coefficient (Wildman–Crippen LogP) is 0.708. The summed E-state index contributed by atoms with van der Waals surface area (Å²) in [6, 6.07) is -0.654. The summed E-state index contributed by atoms with van der Waals surface area (Å²) in [6.07, 6.45) is 5.76. The van der Waals surface area contributed by atoms with Gasteiger partial charge >= 0.3 is 0 Å². The molecule has 0 radical (unpaired) electrons. The Hall–Kier alpha value is -1.69. The zero-order valence-corrected chi connectivity index (χ0v) is 8.70. The number of ether oxygens (including phenoxy) is 2. The Kier molecular flexibility index (Phi) is 5.21. The van der Waals surface area contributed by atoms with Gasteiger partial charge < -0.3 is 14.3 Å². The van der Waals surface area contributed by atoms with Gasteiger partial charge in [0.1, 0.15) is 25.3 Å². The average molecular weight is 227 g/mol. The molecule has 1 atom stereocenters. The zero-order chi connectivity index (χ0) is 11.8. The highest BCUT2D eigenvalue weighted by Gasteiger charge is 2.18. The van der Waals surface area contributed by atoms with Crippen molar-refractivity contribution in [1.82, 2.24) is 0 Å². The number of carbonyl (C=O) groups excluding carboxylic acids is 1. The van der Waals surface area contributed by atoms with Crippen molar-refractivity contribution in [2.45, 2.75) is 12.5 Å². The van der Waals surface area contributed by atoms with Crippen LogP contribution in [-0.2, 0) is 14.3 Å². The smallest absolute Gasteiger partial charge is 0.235 e. The van der Waals surface area contributed by atoms with Crippen LogP contribution >= 0.6 is 0 Å². The molecule has 0 saturated heterocycles. The Morgan fingerprint density at radius 3 is 2.94 bits per heavy atom. The van der Waals surface area contributed by atoms with E-state index >= 15 is 0 Å². The molecule has 88 valence electrons. The summed E-state index contributed by atoms with van der Waals surface area (Å²) in [4.78, 5) is 20.0. The lowest BCUT2D eigenvalue weighted by molar-refractivity contribution is -0.508. The number of nitrogens with zero attached hydrogens (tertiary/aromatic N) is 1. The molecule has 6 heteroatoms. The van der Waals surface area contributed by atoms with Gasteiger partial charge in [0.05, 0.1) is 6.61 Å². The third kappa shape index (κ3) is 4.22. The van der Waals surface area contributed by atoms with Crippen molar-refractivity contribution >= 4 is 6.29 Å². The van der Waals surface area contributed by atoms with Crippen molar-refractivity contribution in [2.75, 3.05) is 19.8 Å². The van der Waals surface area contributed by atoms with Gasteiger partial charge in [0.25, 0.3) is 0 Å². The fraction of sp³-hybridized carbons (Fsp3) is 0.500. The van der Waals surface area contributed by atoms with Crippen molar-refractivity contribution in [3.8, 4) is 0 Å². The number of aldehydes is 1. The molecule has 0 amide bonds. The molecule has 0 aromatic rings. The lowest BCUT2D eigenvalue weighted by Gasteiger charge is -2.11. The molecule has 6 nitrogen and oxygen atoms in total. The van der Waals surface area contributed by atoms with Crippen LogP contribution in [0.4, 0.5) is 0 Å². The maximum Gasteiger partial charge on any atom is 0.235 e. The van der Waals surface area contributed by atoms with E-state index in [1.54, 1.807) is 12.2 Å². The minimum absolute atomic E-state index is 0.0572. The van der Waals surface area contributed by atoms with Crippen LogP contribution in [-0.4, -0.2) is 37.1 Å². The van der Waals surface area contributed by atoms with E-state index < -0.39 is 6.04 Å². The zero-order valence-electron chi connectivity index (χ0n) is 8.70. The molecule has 0 N–H and O–H groups in total. The van der Waals surface area contributed by atoms with E-state index in [0.29, 0.717) is 31.7 Å². The van der Waals surface area contributed by atoms with Gasteiger partial charge in [0.15, 0.2) is 0 Å². The Bertz CT molecular complexity index is 310. The predicted molar refractivity (Wildman–Crippen MR) is 55.5 cm³/mol. The Morgan fingerprint density at radius 2 is 2.38 bits per heavy atom. The molecule has 1 rings (SSSR count). The van der Waals surface area contributed by atoms with E-state index in [4.69, 9.17) is 9.47 Å². The van der Waals surface area contributed by atoms with Crippen LogP contribution in [0.25, 0.3) is 0 Å². The number of carbonyl (C=O) groups is 1. The first-order chi connectivity index (χ1) is 7.74. The second kappa shape index (κ2) is 6.73. The second-order valence-electron chi connectivity index (χ2n) is 3.14. The van der Waals surface area contributed by atoms with Gasteiger partial charge in [0.2, 0.25) is 6.04 Å². The maximum atomic E-state index is 10.4. The number of rotatable bonds is 7. The third-order valence-electron chi connectivity index (χ3n) is 2.00. The molecule has 0 heterocycles. The summed E-state index contributed by atoms with van der Waals surface area (Å²) in [7, 11) is 0. The van der Waals surface area contributed by atoms with Crippen molar-refractivity contribution in [3.63, 3.8) is 0 Å². The molecule has 0 saturated carbocycles. The van der Waals surface area contributed by atoms with Gasteiger partial charge in [-0.05, 0) is 18.2 Å². The molecule has 0 fully saturated rings. The molecule has 0 aromatic carbocycles. The summed E-state index contributed by atoms with van der Waals surface area (Å²) >= 11 is 0. The highest BCUT2D eigenvalue weighted by molar-refractivity contribution is 5.50. The number of hydrogen-bond donors (Lipinski definition) is 0. The van der Waals surface area contributed by atoms with Gasteiger partial charge in [-0.2, -0.15) is 0 Å². The van der Waals surface area contributed by atoms with E-state index in [1.807, 2.05) is 0 Å². The highest BCUT2D eigenvalue weighted by atomic mass is 16.6. The molecule has 16 heavy (non-hydrogen) atoms. The minimum atomic E-state index is -0.654. The molecule has 1 aliphatic rings. The number of nitro groups is 1. The molecule has 0 aliphatic heterocycles. The van der Waals surface area contributed by atoms with Gasteiger partial charge in [-0.15, -0.1) is 0 Å². The van der Waals surface area contributed by atoms with Crippen molar-refractivity contribution in [3.05, 3.63) is 34.1 Å². The van der Waals surface area contributed by atoms with Crippen molar-refractivity contribution < 1.29 is 19.2 Å². The Morgan fingerprint density at radius 1 is 1.56 bits per heavy atom. The SMILES string of the molecule is O=CCOCCOC1=CCC([N+](=O)[O-])C=C1. The summed E-state index contributed by atoms with van der Waals surface area (Å²) in [5.41, 5.74) is 0. The fourth-order valence-electron chi connectivity index (χ4n) is 1.20. The Labute approximate surface area is 92.7 Å². The standard InChI is InChI=1S/C10H13NO5/c12-5-6-15-7-8-16-10-3-1-9(2-4-10)11(13)14/h1,3-5,9H,2,6-8H2. The first-order valence-corrected chi connectivity index (χ1v) is 4.90. The summed E-state index contributed by atoms with van der Waals surface area (Å²) in [5, 5.41) is 10.4. The largest absolute Gasteiger partial charge is 0.492 e. The van der Waals surface area contributed by atoms with Gasteiger partial charge in [-0.25, -0.2) is 0 Å². The van der Waals surface area contributed by atoms with Crippen LogP contribution in [0, 0.1) is 10.1 Å². The maximum absolute atomic E-state index is 10.4. The van der Waals surface area contributed by atoms with Crippen molar-refractivity contribution in [2.24, 2.45) is 0 Å². The van der Waals surface area contributed by atoms with Crippen LogP contribution in [0.2, 0.25) is 0 Å². The molecule has 1 aliphatic carbocycles. The van der Waals surface area contributed by atoms with Crippen LogP contribution in [0.5, 0.6) is 0 Å². The lowest BCUT2D eigenvalue weighted by atomic mass is 10.1. The summed E-state index contributed by atoms with van der Waals surface area (Å²) in [6.45, 7) is 0.706. The van der Waals surface area contributed by atoms with Gasteiger partial charge in [-0.1, -0.05) is 0 Å². The average Bonchev–Trinajstić information content (AvgIpc) is 2.29. The van der Waals surface area contributed by atoms with Crippen molar-refractivity contribution in [1.29, 1.82) is 0 Å². The first kappa shape index (κ1) is 12.4. The van der Waals surface area contributed by atoms with E-state index in [0.717, 1.165) is 0 Å². The summed E-state index contributed by atoms with van der Waals surface area (Å²) in [5.74, 6) is 0.604. The second-order valence-corrected chi connectivity index (χ2v) is 3.14. The van der Waals surface area contributed by atoms with E-state index in [1.165, 1.54) is 6.08 Å². The molecule has 0 aromatic heterocycles. The van der Waals surface area contributed by atoms with Gasteiger partial charge in [-0.3, -0.25) is 10.1 Å². The summed E-state index contributed by atoms with van der Waals surface area (Å²) < 4.78 is 10.1. The van der Waals surface area contributed by atoms with Crippen LogP contribution in [0.3, 0.4) is 0 Å². The van der Waals surface area contributed by atoms with E-state index in [9.17, 15) is 14.9 Å². The number of allylic oxidation sites excluding steroid dienone is 1. The Balaban J connectivity index is 2.18. The first-order valence-electron chi connectivity index (χ1n) is 4.90. The topological polar surface area (TPSA) is 78.7 Å². The molecule has 1 unspecified atom stereocenters. The van der Waals surface area contributed by atoms with Crippen LogP contribution < -0.4 is 0 Å². The van der Waals surface area contributed by atoms with Gasteiger partial charge in [0, 0.05) is 11.3 Å². The normalized spacial score (nSPS) is 19.0. The molecule has 0 bridgehead atoms. The van der Waals surface area contributed by atoms with Crippen LogP contribution in [0.15, 0.2) is 24.0 Å². The minimum Gasteiger partial charge on any atom is -0.492 e. The quantitative estimate of drug-likeness (QED) is 0.277. The number of hydrogen-bond acceptors (Lipinski definition) is 5. The third-order valence-corrected chi connectivity index (χ3v) is 2.00. The van der Waals surface area contributed by atoms with E-state index in [-0.39, 0.29) is 11.5 Å². The lowest BCUT2D eigenvalue weighted by Crippen LogP contribution is -2.18. The van der Waals surface area contributed by atoms with Crippen LogP contribution in [0.1, 0.15) is 6.42 Å². The molecular weight excluding hydrogens is 214 g/mol. The molecule has 0 spiro atoms. The monoisotopic (exact) mass is 227 g/mol. The molecular formula is C10H13NO5. The fourth-order valence-corrected chi connectivity index (χ4v) is 1.20.